The van der Waals surface area contributed by atoms with Gasteiger partial charge in [0.25, 0.3) is 0 Å². The Labute approximate surface area is 158 Å². The van der Waals surface area contributed by atoms with Crippen LogP contribution in [0.4, 0.5) is 0 Å². The maximum atomic E-state index is 11.4. The molecule has 0 aromatic carbocycles. The lowest BCUT2D eigenvalue weighted by Gasteiger charge is -2.48. The number of carbonyl (C=O) groups excluding carboxylic acids is 1. The van der Waals surface area contributed by atoms with Gasteiger partial charge in [0.2, 0.25) is 5.91 Å². The van der Waals surface area contributed by atoms with E-state index < -0.39 is 5.97 Å². The second-order valence-electron chi connectivity index (χ2n) is 7.47. The summed E-state index contributed by atoms with van der Waals surface area (Å²) in [5.74, 6) is -0.989. The molecule has 1 unspecified atom stereocenters. The Hall–Kier alpha value is -1.56. The third kappa shape index (κ3) is 6.63. The quantitative estimate of drug-likeness (QED) is 0.755. The van der Waals surface area contributed by atoms with Crippen molar-refractivity contribution in [3.8, 4) is 0 Å². The zero-order chi connectivity index (χ0) is 19.7. The zero-order valence-electron chi connectivity index (χ0n) is 17.0. The molecule has 2 rings (SSSR count). The van der Waals surface area contributed by atoms with Gasteiger partial charge >= 0.3 is 5.97 Å². The number of carbonyl (C=O) groups is 2. The fourth-order valence-corrected chi connectivity index (χ4v) is 3.92. The standard InChI is InChI=1S/C18H31N3O3.C2H6/c1-14(16(19-15(2)22)4-5-17(23)24)21-12-8-18(9-13-21)6-10-20(3)11-7-18;1-2/h16H,1,4-13H2,2-3H3,(H,19,22)(H,23,24);1-2H3. The van der Waals surface area contributed by atoms with Crippen LogP contribution < -0.4 is 5.32 Å². The molecule has 0 bridgehead atoms. The predicted molar refractivity (Wildman–Crippen MR) is 105 cm³/mol. The molecule has 2 fully saturated rings. The molecule has 150 valence electrons. The minimum Gasteiger partial charge on any atom is -0.481 e. The summed E-state index contributed by atoms with van der Waals surface area (Å²) in [7, 11) is 2.18. The van der Waals surface area contributed by atoms with Crippen LogP contribution in [0.2, 0.25) is 0 Å². The topological polar surface area (TPSA) is 72.9 Å². The average Bonchev–Trinajstić information content (AvgIpc) is 2.63. The van der Waals surface area contributed by atoms with Gasteiger partial charge in [-0.2, -0.15) is 0 Å². The van der Waals surface area contributed by atoms with Crippen molar-refractivity contribution in [2.24, 2.45) is 5.41 Å². The van der Waals surface area contributed by atoms with Gasteiger partial charge in [-0.3, -0.25) is 9.59 Å². The second-order valence-corrected chi connectivity index (χ2v) is 7.47. The normalized spacial score (nSPS) is 20.7. The maximum absolute atomic E-state index is 11.4. The fraction of sp³-hybridized carbons (Fsp3) is 0.800. The van der Waals surface area contributed by atoms with Crippen LogP contribution in [0.1, 0.15) is 59.3 Å². The summed E-state index contributed by atoms with van der Waals surface area (Å²) in [4.78, 5) is 26.9. The monoisotopic (exact) mass is 367 g/mol. The summed E-state index contributed by atoms with van der Waals surface area (Å²) >= 11 is 0. The van der Waals surface area contributed by atoms with Crippen molar-refractivity contribution in [1.82, 2.24) is 15.1 Å². The molecular formula is C20H37N3O3. The van der Waals surface area contributed by atoms with E-state index in [9.17, 15) is 9.59 Å². The van der Waals surface area contributed by atoms with Crippen molar-refractivity contribution in [3.63, 3.8) is 0 Å². The van der Waals surface area contributed by atoms with Gasteiger partial charge < -0.3 is 20.2 Å². The van der Waals surface area contributed by atoms with Crippen molar-refractivity contribution in [2.75, 3.05) is 33.2 Å². The molecule has 2 saturated heterocycles. The molecule has 0 aromatic heterocycles. The summed E-state index contributed by atoms with van der Waals surface area (Å²) < 4.78 is 0. The van der Waals surface area contributed by atoms with Gasteiger partial charge in [-0.15, -0.1) is 0 Å². The predicted octanol–water partition coefficient (Wildman–Crippen LogP) is 2.70. The van der Waals surface area contributed by atoms with Crippen LogP contribution in [-0.4, -0.2) is 66.1 Å². The number of amides is 1. The van der Waals surface area contributed by atoms with Crippen molar-refractivity contribution in [3.05, 3.63) is 12.3 Å². The van der Waals surface area contributed by atoms with Gasteiger partial charge in [-0.1, -0.05) is 20.4 Å². The molecule has 6 heteroatoms. The highest BCUT2D eigenvalue weighted by Crippen LogP contribution is 2.41. The molecule has 1 amide bonds. The van der Waals surface area contributed by atoms with Crippen LogP contribution in [0.25, 0.3) is 0 Å². The van der Waals surface area contributed by atoms with Crippen LogP contribution in [0, 0.1) is 5.41 Å². The van der Waals surface area contributed by atoms with E-state index in [1.165, 1.54) is 32.9 Å². The summed E-state index contributed by atoms with van der Waals surface area (Å²) in [6, 6.07) is -0.287. The highest BCUT2D eigenvalue weighted by atomic mass is 16.4. The van der Waals surface area contributed by atoms with Crippen LogP contribution in [-0.2, 0) is 9.59 Å². The second kappa shape index (κ2) is 10.6. The molecule has 1 atom stereocenters. The minimum absolute atomic E-state index is 0.0358. The number of nitrogens with zero attached hydrogens (tertiary/aromatic N) is 2. The number of carboxylic acid groups (broad SMARTS) is 1. The van der Waals surface area contributed by atoms with E-state index in [0.717, 1.165) is 31.6 Å². The summed E-state index contributed by atoms with van der Waals surface area (Å²) in [6.45, 7) is 13.9. The highest BCUT2D eigenvalue weighted by molar-refractivity contribution is 5.74. The van der Waals surface area contributed by atoms with Gasteiger partial charge in [0.05, 0.1) is 6.04 Å². The number of hydrogen-bond acceptors (Lipinski definition) is 4. The van der Waals surface area contributed by atoms with E-state index >= 15 is 0 Å². The van der Waals surface area contributed by atoms with E-state index in [0.29, 0.717) is 11.8 Å². The molecule has 6 nitrogen and oxygen atoms in total. The Balaban J connectivity index is 0.00000163. The number of rotatable bonds is 6. The Kier molecular flexibility index (Phi) is 9.13. The molecule has 2 heterocycles. The van der Waals surface area contributed by atoms with E-state index in [-0.39, 0.29) is 18.4 Å². The molecule has 0 saturated carbocycles. The van der Waals surface area contributed by atoms with Gasteiger partial charge in [-0.25, -0.2) is 0 Å². The Morgan fingerprint density at radius 2 is 1.62 bits per heavy atom. The largest absolute Gasteiger partial charge is 0.481 e. The maximum Gasteiger partial charge on any atom is 0.303 e. The number of hydrogen-bond donors (Lipinski definition) is 2. The van der Waals surface area contributed by atoms with Crippen LogP contribution >= 0.6 is 0 Å². The molecule has 1 spiro atoms. The third-order valence-electron chi connectivity index (χ3n) is 5.70. The lowest BCUT2D eigenvalue weighted by atomic mass is 9.71. The van der Waals surface area contributed by atoms with Gasteiger partial charge in [0.15, 0.2) is 0 Å². The molecule has 2 N–H and O–H groups in total. The first kappa shape index (κ1) is 22.5. The Bertz CT molecular complexity index is 475. The lowest BCUT2D eigenvalue weighted by Crippen LogP contribution is -2.48. The number of likely N-dealkylation sites (tertiary alicyclic amines) is 2. The summed E-state index contributed by atoms with van der Waals surface area (Å²) in [5.41, 5.74) is 1.32. The lowest BCUT2D eigenvalue weighted by molar-refractivity contribution is -0.137. The molecular weight excluding hydrogens is 330 g/mol. The van der Waals surface area contributed by atoms with Crippen molar-refractivity contribution < 1.29 is 14.7 Å². The number of nitrogens with one attached hydrogen (secondary N) is 1. The molecule has 0 aromatic rings. The summed E-state index contributed by atoms with van der Waals surface area (Å²) in [6.07, 6.45) is 5.27. The summed E-state index contributed by atoms with van der Waals surface area (Å²) in [5, 5.41) is 11.8. The Morgan fingerprint density at radius 1 is 1.12 bits per heavy atom. The van der Waals surface area contributed by atoms with Gasteiger partial charge in [0, 0.05) is 32.1 Å². The fourth-order valence-electron chi connectivity index (χ4n) is 3.92. The number of carboxylic acids is 1. The molecule has 0 aliphatic carbocycles. The zero-order valence-corrected chi connectivity index (χ0v) is 17.0. The van der Waals surface area contributed by atoms with Crippen LogP contribution in [0.15, 0.2) is 12.3 Å². The molecule has 2 aliphatic heterocycles. The van der Waals surface area contributed by atoms with Crippen molar-refractivity contribution in [1.29, 1.82) is 0 Å². The van der Waals surface area contributed by atoms with Crippen LogP contribution in [0.5, 0.6) is 0 Å². The number of piperidine rings is 2. The highest BCUT2D eigenvalue weighted by Gasteiger charge is 2.37. The van der Waals surface area contributed by atoms with Crippen LogP contribution in [0.3, 0.4) is 0 Å². The molecule has 0 radical (unpaired) electrons. The average molecular weight is 368 g/mol. The minimum atomic E-state index is -0.845. The van der Waals surface area contributed by atoms with Crippen molar-refractivity contribution >= 4 is 11.9 Å². The first-order valence-corrected chi connectivity index (χ1v) is 9.92. The smallest absolute Gasteiger partial charge is 0.303 e. The van der Waals surface area contributed by atoms with E-state index in [2.05, 4.69) is 28.7 Å². The van der Waals surface area contributed by atoms with Gasteiger partial charge in [0.1, 0.15) is 0 Å². The first-order chi connectivity index (χ1) is 12.3. The van der Waals surface area contributed by atoms with E-state index in [4.69, 9.17) is 5.11 Å². The number of aliphatic carboxylic acids is 1. The first-order valence-electron chi connectivity index (χ1n) is 9.92. The third-order valence-corrected chi connectivity index (χ3v) is 5.70. The molecule has 26 heavy (non-hydrogen) atoms. The SMILES string of the molecule is C=C(C(CCC(=O)O)NC(C)=O)N1CCC2(CCN(C)CC2)CC1.CC. The van der Waals surface area contributed by atoms with Crippen molar-refractivity contribution in [2.45, 2.75) is 65.3 Å². The Morgan fingerprint density at radius 3 is 2.08 bits per heavy atom. The van der Waals surface area contributed by atoms with E-state index in [1.54, 1.807) is 0 Å². The molecule has 2 aliphatic rings. The van der Waals surface area contributed by atoms with Gasteiger partial charge in [-0.05, 0) is 57.7 Å². The van der Waals surface area contributed by atoms with E-state index in [1.807, 2.05) is 13.8 Å².